The van der Waals surface area contributed by atoms with Crippen molar-refractivity contribution >= 4 is 29.1 Å². The van der Waals surface area contributed by atoms with Gasteiger partial charge in [0.2, 0.25) is 0 Å². The first-order chi connectivity index (χ1) is 14.9. The Hall–Kier alpha value is -3.28. The van der Waals surface area contributed by atoms with Gasteiger partial charge in [-0.3, -0.25) is 19.2 Å². The van der Waals surface area contributed by atoms with E-state index in [9.17, 15) is 19.2 Å². The molecule has 2 aliphatic carbocycles. The smallest absolute Gasteiger partial charge is 0.310 e. The summed E-state index contributed by atoms with van der Waals surface area (Å²) in [5.74, 6) is -1.53. The average Bonchev–Trinajstić information content (AvgIpc) is 3.40. The van der Waals surface area contributed by atoms with Crippen LogP contribution in [0.1, 0.15) is 46.9 Å². The molecule has 0 spiro atoms. The Labute approximate surface area is 181 Å². The third-order valence-corrected chi connectivity index (χ3v) is 6.47. The average molecular weight is 419 g/mol. The summed E-state index contributed by atoms with van der Waals surface area (Å²) in [6, 6.07) is 15.6. The fourth-order valence-corrected chi connectivity index (χ4v) is 5.02. The SMILES string of the molecule is CC(=O)c1ccc(NC(=O)COC(=O)[C@H]2[C@H]3CC[C@@H](C3)[C@H]2C(=O)c2ccccc2)cc1. The van der Waals surface area contributed by atoms with Crippen molar-refractivity contribution in [1.82, 2.24) is 0 Å². The fraction of sp³-hybridized carbons (Fsp3) is 0.360. The van der Waals surface area contributed by atoms with E-state index in [1.165, 1.54) is 6.92 Å². The number of ether oxygens (including phenoxy) is 1. The summed E-state index contributed by atoms with van der Waals surface area (Å²) >= 11 is 0. The molecule has 6 nitrogen and oxygen atoms in total. The molecule has 0 aromatic heterocycles. The van der Waals surface area contributed by atoms with Gasteiger partial charge in [-0.15, -0.1) is 0 Å². The highest BCUT2D eigenvalue weighted by molar-refractivity contribution is 6.01. The maximum Gasteiger partial charge on any atom is 0.310 e. The third-order valence-electron chi connectivity index (χ3n) is 6.47. The predicted octanol–water partition coefficient (Wildman–Crippen LogP) is 3.92. The van der Waals surface area contributed by atoms with Gasteiger partial charge in [0.1, 0.15) is 0 Å². The van der Waals surface area contributed by atoms with Crippen LogP contribution >= 0.6 is 0 Å². The van der Waals surface area contributed by atoms with Crippen LogP contribution in [0, 0.1) is 23.7 Å². The summed E-state index contributed by atoms with van der Waals surface area (Å²) in [5.41, 5.74) is 1.68. The summed E-state index contributed by atoms with van der Waals surface area (Å²) in [6.45, 7) is 1.06. The molecular formula is C25H25NO5. The monoisotopic (exact) mass is 419 g/mol. The lowest BCUT2D eigenvalue weighted by Gasteiger charge is -2.28. The van der Waals surface area contributed by atoms with E-state index in [1.54, 1.807) is 36.4 Å². The molecule has 160 valence electrons. The minimum atomic E-state index is -0.492. The van der Waals surface area contributed by atoms with Crippen LogP contribution in [0.3, 0.4) is 0 Å². The van der Waals surface area contributed by atoms with Crippen molar-refractivity contribution in [2.45, 2.75) is 26.2 Å². The number of benzene rings is 2. The number of nitrogens with one attached hydrogen (secondary N) is 1. The number of amides is 1. The van der Waals surface area contributed by atoms with E-state index in [0.29, 0.717) is 16.8 Å². The topological polar surface area (TPSA) is 89.5 Å². The van der Waals surface area contributed by atoms with Gasteiger partial charge in [0, 0.05) is 22.7 Å². The van der Waals surface area contributed by atoms with Crippen LogP contribution in [0.25, 0.3) is 0 Å². The van der Waals surface area contributed by atoms with Gasteiger partial charge in [0.25, 0.3) is 5.91 Å². The van der Waals surface area contributed by atoms with Gasteiger partial charge < -0.3 is 10.1 Å². The highest BCUT2D eigenvalue weighted by Gasteiger charge is 2.54. The second kappa shape index (κ2) is 8.84. The van der Waals surface area contributed by atoms with Gasteiger partial charge >= 0.3 is 5.97 Å². The maximum atomic E-state index is 13.1. The molecule has 4 rings (SSSR count). The lowest BCUT2D eigenvalue weighted by Crippen LogP contribution is -2.37. The van der Waals surface area contributed by atoms with Gasteiger partial charge in [-0.2, -0.15) is 0 Å². The molecule has 0 radical (unpaired) electrons. The van der Waals surface area contributed by atoms with Gasteiger partial charge in [0.05, 0.1) is 5.92 Å². The quantitative estimate of drug-likeness (QED) is 0.543. The van der Waals surface area contributed by atoms with Gasteiger partial charge in [-0.25, -0.2) is 0 Å². The number of ketones is 2. The van der Waals surface area contributed by atoms with Crippen LogP contribution in [-0.4, -0.2) is 30.0 Å². The number of rotatable bonds is 7. The lowest BCUT2D eigenvalue weighted by molar-refractivity contribution is -0.154. The summed E-state index contributed by atoms with van der Waals surface area (Å²) in [6.07, 6.45) is 2.73. The van der Waals surface area contributed by atoms with Crippen LogP contribution in [0.4, 0.5) is 5.69 Å². The van der Waals surface area contributed by atoms with E-state index in [1.807, 2.05) is 18.2 Å². The molecule has 6 heteroatoms. The first kappa shape index (κ1) is 21.0. The zero-order valence-corrected chi connectivity index (χ0v) is 17.4. The molecule has 1 N–H and O–H groups in total. The van der Waals surface area contributed by atoms with E-state index in [-0.39, 0.29) is 29.3 Å². The minimum absolute atomic E-state index is 0.00948. The molecule has 2 saturated carbocycles. The molecule has 0 unspecified atom stereocenters. The van der Waals surface area contributed by atoms with Crippen molar-refractivity contribution in [3.05, 3.63) is 65.7 Å². The number of Topliss-reactive ketones (excluding diaryl/α,β-unsaturated/α-hetero) is 2. The van der Waals surface area contributed by atoms with Crippen LogP contribution in [0.2, 0.25) is 0 Å². The molecule has 1 amide bonds. The normalized spacial score (nSPS) is 23.9. The van der Waals surface area contributed by atoms with Crippen LogP contribution in [-0.2, 0) is 14.3 Å². The Morgan fingerprint density at radius 2 is 1.52 bits per heavy atom. The van der Waals surface area contributed by atoms with E-state index in [2.05, 4.69) is 5.32 Å². The first-order valence-corrected chi connectivity index (χ1v) is 10.6. The highest BCUT2D eigenvalue weighted by atomic mass is 16.5. The van der Waals surface area contributed by atoms with E-state index >= 15 is 0 Å². The summed E-state index contributed by atoms with van der Waals surface area (Å²) in [7, 11) is 0. The van der Waals surface area contributed by atoms with Crippen LogP contribution < -0.4 is 5.32 Å². The van der Waals surface area contributed by atoms with Crippen molar-refractivity contribution in [3.8, 4) is 0 Å². The van der Waals surface area contributed by atoms with Crippen LogP contribution in [0.15, 0.2) is 54.6 Å². The molecule has 2 aliphatic rings. The summed E-state index contributed by atoms with van der Waals surface area (Å²) < 4.78 is 5.33. The molecule has 2 aromatic rings. The zero-order valence-electron chi connectivity index (χ0n) is 17.4. The van der Waals surface area contributed by atoms with Gasteiger partial charge in [-0.1, -0.05) is 30.3 Å². The first-order valence-electron chi connectivity index (χ1n) is 10.6. The fourth-order valence-electron chi connectivity index (χ4n) is 5.02. The number of hydrogen-bond acceptors (Lipinski definition) is 5. The number of fused-ring (bicyclic) bond motifs is 2. The van der Waals surface area contributed by atoms with Crippen molar-refractivity contribution in [2.75, 3.05) is 11.9 Å². The van der Waals surface area contributed by atoms with Crippen LogP contribution in [0.5, 0.6) is 0 Å². The third kappa shape index (κ3) is 4.43. The molecule has 0 aliphatic heterocycles. The van der Waals surface area contributed by atoms with E-state index in [4.69, 9.17) is 4.74 Å². The highest BCUT2D eigenvalue weighted by Crippen LogP contribution is 2.53. The predicted molar refractivity (Wildman–Crippen MR) is 115 cm³/mol. The molecule has 2 bridgehead atoms. The lowest BCUT2D eigenvalue weighted by atomic mass is 9.75. The maximum absolute atomic E-state index is 13.1. The molecule has 2 fully saturated rings. The van der Waals surface area contributed by atoms with Crippen molar-refractivity contribution < 1.29 is 23.9 Å². The largest absolute Gasteiger partial charge is 0.455 e. The minimum Gasteiger partial charge on any atom is -0.455 e. The van der Waals surface area contributed by atoms with Gasteiger partial charge in [0.15, 0.2) is 18.2 Å². The molecule has 4 atom stereocenters. The molecular weight excluding hydrogens is 394 g/mol. The number of carbonyl (C=O) groups is 4. The van der Waals surface area contributed by atoms with Gasteiger partial charge in [-0.05, 0) is 62.3 Å². The van der Waals surface area contributed by atoms with Crippen molar-refractivity contribution in [2.24, 2.45) is 23.7 Å². The standard InChI is InChI=1S/C25H25NO5/c1-15(27)16-9-11-20(12-10-16)26-21(28)14-31-25(30)23-19-8-7-18(13-19)22(23)24(29)17-5-3-2-4-6-17/h2-6,9-12,18-19,22-23H,7-8,13-14H2,1H3,(H,26,28)/t18-,19-,22+,23-/m0/s1. The molecule has 31 heavy (non-hydrogen) atoms. The number of carbonyl (C=O) groups excluding carboxylic acids is 4. The number of anilines is 1. The summed E-state index contributed by atoms with van der Waals surface area (Å²) in [5, 5.41) is 2.65. The molecule has 0 heterocycles. The second-order valence-electron chi connectivity index (χ2n) is 8.40. The Morgan fingerprint density at radius 1 is 0.871 bits per heavy atom. The number of esters is 1. The Morgan fingerprint density at radius 3 is 2.16 bits per heavy atom. The van der Waals surface area contributed by atoms with E-state index in [0.717, 1.165) is 19.3 Å². The molecule has 0 saturated heterocycles. The van der Waals surface area contributed by atoms with Crippen molar-refractivity contribution in [3.63, 3.8) is 0 Å². The Balaban J connectivity index is 1.37. The Kier molecular flexibility index (Phi) is 5.98. The van der Waals surface area contributed by atoms with E-state index < -0.39 is 24.4 Å². The molecule has 2 aromatic carbocycles. The van der Waals surface area contributed by atoms with Crippen molar-refractivity contribution in [1.29, 1.82) is 0 Å². The zero-order chi connectivity index (χ0) is 22.0. The number of hydrogen-bond donors (Lipinski definition) is 1. The Bertz CT molecular complexity index is 998. The second-order valence-corrected chi connectivity index (χ2v) is 8.40. The summed E-state index contributed by atoms with van der Waals surface area (Å²) in [4.78, 5) is 49.5.